The minimum Gasteiger partial charge on any atom is -0.383 e. The van der Waals surface area contributed by atoms with Crippen molar-refractivity contribution in [2.45, 2.75) is 43.9 Å². The van der Waals surface area contributed by atoms with Crippen molar-refractivity contribution in [2.75, 3.05) is 16.8 Å². The molecule has 3 heterocycles. The summed E-state index contributed by atoms with van der Waals surface area (Å²) in [5.74, 6) is -3.82. The Hall–Kier alpha value is -3.38. The Labute approximate surface area is 173 Å². The number of nitrogens with two attached hydrogens (primary N) is 2. The number of aryl methyl sites for hydroxylation is 1. The van der Waals surface area contributed by atoms with Crippen LogP contribution in [-0.4, -0.2) is 36.2 Å². The Bertz CT molecular complexity index is 1150. The standard InChI is InChI=1S/C18H20F4N8O/c1-29-7-10(12(27-29)13(19)20)25-17(31)11-15(24)28-30-6-9(14(23)26-16(11)30)8-2-4-18(21,22)5-3-8/h6-8,13H,2-5H2,1H3,(H2,23,26)(H2,24,28)(H,25,31). The second-order valence-electron chi connectivity index (χ2n) is 7.60. The van der Waals surface area contributed by atoms with Crippen LogP contribution in [0.1, 0.15) is 59.6 Å². The minimum absolute atomic E-state index is 0.0277. The van der Waals surface area contributed by atoms with Crippen LogP contribution in [0.4, 0.5) is 34.9 Å². The fourth-order valence-corrected chi connectivity index (χ4v) is 3.85. The number of aromatic nitrogens is 5. The molecule has 4 rings (SSSR count). The van der Waals surface area contributed by atoms with Gasteiger partial charge in [0.2, 0.25) is 5.92 Å². The second kappa shape index (κ2) is 7.39. The van der Waals surface area contributed by atoms with Gasteiger partial charge in [0.15, 0.2) is 17.2 Å². The molecule has 1 aliphatic rings. The number of alkyl halides is 4. The van der Waals surface area contributed by atoms with Crippen molar-refractivity contribution < 1.29 is 22.4 Å². The molecule has 0 spiro atoms. The first-order valence-electron chi connectivity index (χ1n) is 9.51. The lowest BCUT2D eigenvalue weighted by Gasteiger charge is -2.28. The lowest BCUT2D eigenvalue weighted by Crippen LogP contribution is -2.24. The molecule has 0 aromatic carbocycles. The first-order valence-corrected chi connectivity index (χ1v) is 9.51. The molecule has 0 aliphatic heterocycles. The monoisotopic (exact) mass is 440 g/mol. The molecule has 0 radical (unpaired) electrons. The third kappa shape index (κ3) is 3.86. The van der Waals surface area contributed by atoms with Gasteiger partial charge in [-0.05, 0) is 18.8 Å². The summed E-state index contributed by atoms with van der Waals surface area (Å²) in [6, 6.07) is 0. The Kier molecular flexibility index (Phi) is 4.98. The van der Waals surface area contributed by atoms with Crippen LogP contribution in [0.5, 0.6) is 0 Å². The van der Waals surface area contributed by atoms with E-state index in [9.17, 15) is 22.4 Å². The molecular weight excluding hydrogens is 420 g/mol. The zero-order valence-electron chi connectivity index (χ0n) is 16.4. The Morgan fingerprint density at radius 1 is 1.19 bits per heavy atom. The van der Waals surface area contributed by atoms with Crippen molar-refractivity contribution in [3.05, 3.63) is 29.2 Å². The van der Waals surface area contributed by atoms with Crippen molar-refractivity contribution in [1.82, 2.24) is 24.4 Å². The van der Waals surface area contributed by atoms with E-state index in [1.165, 1.54) is 24.0 Å². The molecule has 0 atom stereocenters. The number of anilines is 3. The highest BCUT2D eigenvalue weighted by molar-refractivity contribution is 6.11. The van der Waals surface area contributed by atoms with E-state index in [0.717, 1.165) is 4.68 Å². The summed E-state index contributed by atoms with van der Waals surface area (Å²) < 4.78 is 55.6. The number of amides is 1. The Morgan fingerprint density at radius 3 is 2.52 bits per heavy atom. The molecule has 31 heavy (non-hydrogen) atoms. The van der Waals surface area contributed by atoms with E-state index in [1.807, 2.05) is 0 Å². The van der Waals surface area contributed by atoms with Gasteiger partial charge >= 0.3 is 0 Å². The number of halogens is 4. The number of nitrogens with zero attached hydrogens (tertiary/aromatic N) is 5. The molecule has 3 aromatic heterocycles. The SMILES string of the molecule is Cn1cc(NC(=O)c2c(N)nn3cc(C4CCC(F)(F)CC4)c(N)nc23)c(C(F)F)n1. The van der Waals surface area contributed by atoms with Gasteiger partial charge in [0.05, 0.1) is 5.69 Å². The highest BCUT2D eigenvalue weighted by Crippen LogP contribution is 2.42. The third-order valence-electron chi connectivity index (χ3n) is 5.39. The van der Waals surface area contributed by atoms with Gasteiger partial charge in [-0.2, -0.15) is 5.10 Å². The molecule has 13 heteroatoms. The van der Waals surface area contributed by atoms with E-state index in [2.05, 4.69) is 20.5 Å². The Balaban J connectivity index is 1.66. The number of fused-ring (bicyclic) bond motifs is 1. The summed E-state index contributed by atoms with van der Waals surface area (Å²) in [6.45, 7) is 0. The normalized spacial score (nSPS) is 16.8. The van der Waals surface area contributed by atoms with Crippen molar-refractivity contribution in [3.8, 4) is 0 Å². The average Bonchev–Trinajstić information content (AvgIpc) is 3.19. The first-order chi connectivity index (χ1) is 14.6. The van der Waals surface area contributed by atoms with Crippen LogP contribution in [0.3, 0.4) is 0 Å². The molecule has 1 fully saturated rings. The number of carbonyl (C=O) groups excluding carboxylic acids is 1. The van der Waals surface area contributed by atoms with E-state index in [0.29, 0.717) is 5.56 Å². The van der Waals surface area contributed by atoms with Crippen LogP contribution in [-0.2, 0) is 7.05 Å². The largest absolute Gasteiger partial charge is 0.383 e. The number of nitrogens with one attached hydrogen (secondary N) is 1. The van der Waals surface area contributed by atoms with Gasteiger partial charge in [0, 0.05) is 37.8 Å². The third-order valence-corrected chi connectivity index (χ3v) is 5.39. The van der Waals surface area contributed by atoms with Gasteiger partial charge in [-0.15, -0.1) is 5.10 Å². The summed E-state index contributed by atoms with van der Waals surface area (Å²) >= 11 is 0. The van der Waals surface area contributed by atoms with E-state index in [4.69, 9.17) is 11.5 Å². The van der Waals surface area contributed by atoms with Crippen molar-refractivity contribution in [2.24, 2.45) is 7.05 Å². The maximum absolute atomic E-state index is 13.5. The number of nitrogen functional groups attached to an aromatic ring is 2. The highest BCUT2D eigenvalue weighted by atomic mass is 19.3. The topological polar surface area (TPSA) is 129 Å². The lowest BCUT2D eigenvalue weighted by atomic mass is 9.83. The zero-order valence-corrected chi connectivity index (χ0v) is 16.4. The van der Waals surface area contributed by atoms with E-state index < -0.39 is 23.9 Å². The zero-order chi connectivity index (χ0) is 22.5. The summed E-state index contributed by atoms with van der Waals surface area (Å²) in [6.07, 6.45) is -0.147. The van der Waals surface area contributed by atoms with E-state index in [1.54, 1.807) is 0 Å². The number of carbonyl (C=O) groups is 1. The summed E-state index contributed by atoms with van der Waals surface area (Å²) in [5.41, 5.74) is 11.6. The average molecular weight is 440 g/mol. The molecule has 9 nitrogen and oxygen atoms in total. The van der Waals surface area contributed by atoms with Gasteiger partial charge in [-0.3, -0.25) is 9.48 Å². The summed E-state index contributed by atoms with van der Waals surface area (Å²) in [5, 5.41) is 10.0. The maximum atomic E-state index is 13.5. The number of hydrogen-bond acceptors (Lipinski definition) is 6. The van der Waals surface area contributed by atoms with Crippen LogP contribution in [0.15, 0.2) is 12.4 Å². The molecule has 1 aliphatic carbocycles. The maximum Gasteiger partial charge on any atom is 0.284 e. The van der Waals surface area contributed by atoms with Crippen LogP contribution in [0.25, 0.3) is 5.65 Å². The van der Waals surface area contributed by atoms with Crippen molar-refractivity contribution >= 4 is 28.9 Å². The van der Waals surface area contributed by atoms with E-state index >= 15 is 0 Å². The van der Waals surface area contributed by atoms with Crippen molar-refractivity contribution in [1.29, 1.82) is 0 Å². The van der Waals surface area contributed by atoms with Gasteiger partial charge in [-0.25, -0.2) is 27.1 Å². The van der Waals surface area contributed by atoms with Gasteiger partial charge in [0.1, 0.15) is 11.4 Å². The first kappa shape index (κ1) is 20.9. The minimum atomic E-state index is -2.89. The second-order valence-corrected chi connectivity index (χ2v) is 7.60. The van der Waals surface area contributed by atoms with Crippen LogP contribution < -0.4 is 16.8 Å². The van der Waals surface area contributed by atoms with E-state index in [-0.39, 0.29) is 60.1 Å². The molecule has 0 saturated heterocycles. The van der Waals surface area contributed by atoms with Crippen LogP contribution in [0, 0.1) is 0 Å². The molecule has 0 unspecified atom stereocenters. The van der Waals surface area contributed by atoms with Crippen LogP contribution >= 0.6 is 0 Å². The highest BCUT2D eigenvalue weighted by Gasteiger charge is 2.36. The molecule has 1 amide bonds. The fraction of sp³-hybridized carbons (Fsp3) is 0.444. The lowest BCUT2D eigenvalue weighted by molar-refractivity contribution is -0.0382. The Morgan fingerprint density at radius 2 is 1.87 bits per heavy atom. The quantitative estimate of drug-likeness (QED) is 0.535. The molecule has 1 saturated carbocycles. The summed E-state index contributed by atoms with van der Waals surface area (Å²) in [7, 11) is 1.44. The predicted molar refractivity (Wildman–Crippen MR) is 104 cm³/mol. The predicted octanol–water partition coefficient (Wildman–Crippen LogP) is 3.11. The number of hydrogen-bond donors (Lipinski definition) is 3. The number of rotatable bonds is 4. The fourth-order valence-electron chi connectivity index (χ4n) is 3.85. The van der Waals surface area contributed by atoms with Gasteiger partial charge < -0.3 is 16.8 Å². The molecular formula is C18H20F4N8O. The summed E-state index contributed by atoms with van der Waals surface area (Å²) in [4.78, 5) is 17.0. The van der Waals surface area contributed by atoms with Crippen LogP contribution in [0.2, 0.25) is 0 Å². The van der Waals surface area contributed by atoms with Crippen molar-refractivity contribution in [3.63, 3.8) is 0 Å². The smallest absolute Gasteiger partial charge is 0.284 e. The molecule has 5 N–H and O–H groups in total. The van der Waals surface area contributed by atoms with Gasteiger partial charge in [-0.1, -0.05) is 0 Å². The molecule has 3 aromatic rings. The molecule has 166 valence electrons. The molecule has 0 bridgehead atoms. The van der Waals surface area contributed by atoms with Gasteiger partial charge in [0.25, 0.3) is 12.3 Å².